The maximum Gasteiger partial charge on any atom is 0.127 e. The Hall–Kier alpha value is -1.31. The number of carbonyl (C=O) groups excluding carboxylic acids is 1. The SMILES string of the molecule is CCCC(C)(C=O)CN(C)c1cc(C)cc(C)c1. The summed E-state index contributed by atoms with van der Waals surface area (Å²) in [6, 6.07) is 6.51. The van der Waals surface area contributed by atoms with E-state index in [2.05, 4.69) is 50.9 Å². The van der Waals surface area contributed by atoms with Gasteiger partial charge in [-0.25, -0.2) is 0 Å². The van der Waals surface area contributed by atoms with Crippen LogP contribution >= 0.6 is 0 Å². The van der Waals surface area contributed by atoms with E-state index in [0.717, 1.165) is 25.7 Å². The summed E-state index contributed by atoms with van der Waals surface area (Å²) < 4.78 is 0. The predicted molar refractivity (Wildman–Crippen MR) is 78.3 cm³/mol. The van der Waals surface area contributed by atoms with Gasteiger partial charge in [0.15, 0.2) is 0 Å². The highest BCUT2D eigenvalue weighted by Gasteiger charge is 2.24. The first kappa shape index (κ1) is 14.7. The van der Waals surface area contributed by atoms with Crippen molar-refractivity contribution >= 4 is 12.0 Å². The van der Waals surface area contributed by atoms with Crippen LogP contribution in [0, 0.1) is 19.3 Å². The first-order valence-corrected chi connectivity index (χ1v) is 6.66. The number of aryl methyl sites for hydroxylation is 2. The van der Waals surface area contributed by atoms with Gasteiger partial charge in [0.2, 0.25) is 0 Å². The van der Waals surface area contributed by atoms with Crippen LogP contribution in [0.3, 0.4) is 0 Å². The third kappa shape index (κ3) is 3.86. The Kier molecular flexibility index (Phi) is 4.94. The summed E-state index contributed by atoms with van der Waals surface area (Å²) in [5, 5.41) is 0. The van der Waals surface area contributed by atoms with Gasteiger partial charge in [0.05, 0.1) is 0 Å². The van der Waals surface area contributed by atoms with E-state index in [4.69, 9.17) is 0 Å². The Labute approximate surface area is 111 Å². The van der Waals surface area contributed by atoms with E-state index in [1.165, 1.54) is 16.8 Å². The zero-order valence-electron chi connectivity index (χ0n) is 12.3. The molecule has 2 heteroatoms. The number of hydrogen-bond acceptors (Lipinski definition) is 2. The first-order valence-electron chi connectivity index (χ1n) is 6.66. The summed E-state index contributed by atoms with van der Waals surface area (Å²) in [7, 11) is 2.06. The molecule has 0 aliphatic carbocycles. The molecule has 2 nitrogen and oxygen atoms in total. The van der Waals surface area contributed by atoms with Crippen molar-refractivity contribution in [2.75, 3.05) is 18.5 Å². The molecule has 1 aromatic carbocycles. The smallest absolute Gasteiger partial charge is 0.127 e. The van der Waals surface area contributed by atoms with Crippen LogP contribution in [0.4, 0.5) is 5.69 Å². The van der Waals surface area contributed by atoms with Crippen molar-refractivity contribution in [2.24, 2.45) is 5.41 Å². The average Bonchev–Trinajstić information content (AvgIpc) is 2.28. The normalized spacial score (nSPS) is 14.1. The Balaban J connectivity index is 2.86. The van der Waals surface area contributed by atoms with Gasteiger partial charge < -0.3 is 9.69 Å². The minimum Gasteiger partial charge on any atom is -0.374 e. The molecule has 0 saturated carbocycles. The highest BCUT2D eigenvalue weighted by atomic mass is 16.1. The summed E-state index contributed by atoms with van der Waals surface area (Å²) in [6.45, 7) is 9.15. The van der Waals surface area contributed by atoms with E-state index < -0.39 is 0 Å². The van der Waals surface area contributed by atoms with Gasteiger partial charge >= 0.3 is 0 Å². The Morgan fingerprint density at radius 1 is 1.22 bits per heavy atom. The van der Waals surface area contributed by atoms with Crippen LogP contribution in [0.25, 0.3) is 0 Å². The molecule has 1 rings (SSSR count). The average molecular weight is 247 g/mol. The van der Waals surface area contributed by atoms with Crippen LogP contribution in [0.15, 0.2) is 18.2 Å². The van der Waals surface area contributed by atoms with Crippen LogP contribution in [-0.4, -0.2) is 19.9 Å². The van der Waals surface area contributed by atoms with Gasteiger partial charge in [-0.1, -0.05) is 26.3 Å². The molecule has 18 heavy (non-hydrogen) atoms. The molecular formula is C16H25NO. The zero-order chi connectivity index (χ0) is 13.8. The lowest BCUT2D eigenvalue weighted by atomic mass is 9.86. The fraction of sp³-hybridized carbons (Fsp3) is 0.562. The number of benzene rings is 1. The monoisotopic (exact) mass is 247 g/mol. The van der Waals surface area contributed by atoms with Gasteiger partial charge in [-0.2, -0.15) is 0 Å². The molecule has 0 aliphatic heterocycles. The number of hydrogen-bond donors (Lipinski definition) is 0. The van der Waals surface area contributed by atoms with Crippen molar-refractivity contribution in [2.45, 2.75) is 40.5 Å². The second kappa shape index (κ2) is 6.03. The maximum absolute atomic E-state index is 11.3. The van der Waals surface area contributed by atoms with E-state index in [1.807, 2.05) is 6.92 Å². The van der Waals surface area contributed by atoms with Gasteiger partial charge in [0, 0.05) is 24.7 Å². The zero-order valence-corrected chi connectivity index (χ0v) is 12.3. The van der Waals surface area contributed by atoms with Crippen molar-refractivity contribution in [1.29, 1.82) is 0 Å². The first-order chi connectivity index (χ1) is 8.40. The van der Waals surface area contributed by atoms with Gasteiger partial charge in [-0.15, -0.1) is 0 Å². The lowest BCUT2D eigenvalue weighted by Crippen LogP contribution is -2.34. The minimum absolute atomic E-state index is 0.249. The van der Waals surface area contributed by atoms with Gasteiger partial charge in [-0.05, 0) is 43.5 Å². The topological polar surface area (TPSA) is 20.3 Å². The van der Waals surface area contributed by atoms with Crippen LogP contribution in [-0.2, 0) is 4.79 Å². The molecular weight excluding hydrogens is 222 g/mol. The van der Waals surface area contributed by atoms with E-state index >= 15 is 0 Å². The second-order valence-electron chi connectivity index (χ2n) is 5.72. The summed E-state index contributed by atoms with van der Waals surface area (Å²) in [6.07, 6.45) is 3.08. The largest absolute Gasteiger partial charge is 0.374 e. The molecule has 0 radical (unpaired) electrons. The summed E-state index contributed by atoms with van der Waals surface area (Å²) in [5.74, 6) is 0. The fourth-order valence-corrected chi connectivity index (χ4v) is 2.55. The van der Waals surface area contributed by atoms with Crippen molar-refractivity contribution in [3.63, 3.8) is 0 Å². The maximum atomic E-state index is 11.3. The molecule has 1 atom stereocenters. The fourth-order valence-electron chi connectivity index (χ4n) is 2.55. The van der Waals surface area contributed by atoms with E-state index in [-0.39, 0.29) is 5.41 Å². The van der Waals surface area contributed by atoms with Gasteiger partial charge in [-0.3, -0.25) is 0 Å². The number of nitrogens with zero attached hydrogens (tertiary/aromatic N) is 1. The number of carbonyl (C=O) groups is 1. The van der Waals surface area contributed by atoms with E-state index in [0.29, 0.717) is 0 Å². The molecule has 0 fully saturated rings. The predicted octanol–water partition coefficient (Wildman–Crippen LogP) is 3.74. The summed E-state index contributed by atoms with van der Waals surface area (Å²) >= 11 is 0. The van der Waals surface area contributed by atoms with Gasteiger partial charge in [0.25, 0.3) is 0 Å². The summed E-state index contributed by atoms with van der Waals surface area (Å²) in [4.78, 5) is 13.5. The molecule has 0 N–H and O–H groups in total. The number of rotatable bonds is 6. The molecule has 1 aromatic rings. The molecule has 1 unspecified atom stereocenters. The van der Waals surface area contributed by atoms with E-state index in [1.54, 1.807) is 0 Å². The van der Waals surface area contributed by atoms with Crippen molar-refractivity contribution in [3.8, 4) is 0 Å². The minimum atomic E-state index is -0.249. The van der Waals surface area contributed by atoms with Crippen LogP contribution < -0.4 is 4.90 Å². The van der Waals surface area contributed by atoms with Crippen molar-refractivity contribution < 1.29 is 4.79 Å². The second-order valence-corrected chi connectivity index (χ2v) is 5.72. The third-order valence-corrected chi connectivity index (χ3v) is 3.35. The van der Waals surface area contributed by atoms with Crippen LogP contribution in [0.1, 0.15) is 37.8 Å². The third-order valence-electron chi connectivity index (χ3n) is 3.35. The highest BCUT2D eigenvalue weighted by molar-refractivity contribution is 5.61. The quantitative estimate of drug-likeness (QED) is 0.714. The molecule has 0 spiro atoms. The molecule has 100 valence electrons. The lowest BCUT2D eigenvalue weighted by Gasteiger charge is -2.30. The van der Waals surface area contributed by atoms with Crippen molar-refractivity contribution in [3.05, 3.63) is 29.3 Å². The van der Waals surface area contributed by atoms with Crippen molar-refractivity contribution in [1.82, 2.24) is 0 Å². The lowest BCUT2D eigenvalue weighted by molar-refractivity contribution is -0.115. The Bertz CT molecular complexity index is 393. The number of anilines is 1. The standard InChI is InChI=1S/C16H25NO/c1-6-7-16(4,12-18)11-17(5)15-9-13(2)8-14(3)10-15/h8-10,12H,6-7,11H2,1-5H3. The van der Waals surface area contributed by atoms with E-state index in [9.17, 15) is 4.79 Å². The molecule has 0 bridgehead atoms. The molecule has 0 aromatic heterocycles. The Morgan fingerprint density at radius 3 is 2.22 bits per heavy atom. The molecule has 0 heterocycles. The van der Waals surface area contributed by atoms with Crippen LogP contribution in [0.5, 0.6) is 0 Å². The molecule has 0 saturated heterocycles. The Morgan fingerprint density at radius 2 is 1.78 bits per heavy atom. The molecule has 0 aliphatic rings. The van der Waals surface area contributed by atoms with Crippen LogP contribution in [0.2, 0.25) is 0 Å². The molecule has 0 amide bonds. The van der Waals surface area contributed by atoms with Gasteiger partial charge in [0.1, 0.15) is 6.29 Å². The summed E-state index contributed by atoms with van der Waals surface area (Å²) in [5.41, 5.74) is 3.47. The number of aldehydes is 1. The highest BCUT2D eigenvalue weighted by Crippen LogP contribution is 2.25.